The lowest BCUT2D eigenvalue weighted by Gasteiger charge is -2.02. The van der Waals surface area contributed by atoms with Crippen LogP contribution in [0.1, 0.15) is 4.88 Å². The van der Waals surface area contributed by atoms with Crippen molar-refractivity contribution in [2.45, 2.75) is 11.1 Å². The van der Waals surface area contributed by atoms with E-state index in [1.54, 1.807) is 6.07 Å². The van der Waals surface area contributed by atoms with Crippen LogP contribution < -0.4 is 4.72 Å². The van der Waals surface area contributed by atoms with E-state index in [0.29, 0.717) is 0 Å². The van der Waals surface area contributed by atoms with Gasteiger partial charge in [-0.25, -0.2) is 8.42 Å². The number of nitrogens with one attached hydrogen (secondary N) is 1. The molecular weight excluding hydrogens is 238 g/mol. The molecule has 1 aromatic heterocycles. The second-order valence-electron chi connectivity index (χ2n) is 2.77. The van der Waals surface area contributed by atoms with E-state index in [1.165, 1.54) is 13.2 Å². The normalized spacial score (nSPS) is 11.3. The molecule has 1 heterocycles. The molecular formula is C8H11NO4S2. The van der Waals surface area contributed by atoms with Crippen molar-refractivity contribution in [2.24, 2.45) is 0 Å². The molecule has 0 unspecified atom stereocenters. The molecule has 7 heteroatoms. The van der Waals surface area contributed by atoms with Gasteiger partial charge in [0.05, 0.1) is 7.11 Å². The fraction of sp³-hybridized carbons (Fsp3) is 0.375. The third kappa shape index (κ3) is 3.29. The molecule has 0 aliphatic rings. The van der Waals surface area contributed by atoms with Crippen LogP contribution >= 0.6 is 11.3 Å². The van der Waals surface area contributed by atoms with Crippen LogP contribution in [0.25, 0.3) is 0 Å². The Balaban J connectivity index is 2.72. The van der Waals surface area contributed by atoms with E-state index in [2.05, 4.69) is 9.46 Å². The minimum Gasteiger partial charge on any atom is -0.468 e. The number of hydrogen-bond donors (Lipinski definition) is 1. The summed E-state index contributed by atoms with van der Waals surface area (Å²) in [4.78, 5) is 11.6. The molecule has 1 rings (SSSR count). The third-order valence-corrected chi connectivity index (χ3v) is 4.51. The maximum absolute atomic E-state index is 11.6. The van der Waals surface area contributed by atoms with Crippen LogP contribution in [-0.2, 0) is 19.6 Å². The van der Waals surface area contributed by atoms with Gasteiger partial charge in [-0.2, -0.15) is 4.72 Å². The molecule has 84 valence electrons. The van der Waals surface area contributed by atoms with Gasteiger partial charge in [0.15, 0.2) is 0 Å². The van der Waals surface area contributed by atoms with Gasteiger partial charge in [0.1, 0.15) is 10.8 Å². The highest BCUT2D eigenvalue weighted by Crippen LogP contribution is 2.19. The summed E-state index contributed by atoms with van der Waals surface area (Å²) < 4.78 is 29.8. The maximum Gasteiger partial charge on any atom is 0.320 e. The Kier molecular flexibility index (Phi) is 3.83. The zero-order chi connectivity index (χ0) is 11.5. The monoisotopic (exact) mass is 249 g/mol. The van der Waals surface area contributed by atoms with Gasteiger partial charge in [-0.1, -0.05) is 0 Å². The zero-order valence-electron chi connectivity index (χ0n) is 8.31. The standard InChI is InChI=1S/C8H11NO4S2/c1-6-3-4-8(14-6)15(11,12)9-5-7(10)13-2/h3-4,9H,5H2,1-2H3. The number of ether oxygens (including phenoxy) is 1. The highest BCUT2D eigenvalue weighted by Gasteiger charge is 2.17. The lowest BCUT2D eigenvalue weighted by Crippen LogP contribution is -2.29. The summed E-state index contributed by atoms with van der Waals surface area (Å²) in [5.74, 6) is -0.619. The first-order chi connectivity index (χ1) is 6.95. The molecule has 0 bridgehead atoms. The zero-order valence-corrected chi connectivity index (χ0v) is 9.94. The highest BCUT2D eigenvalue weighted by molar-refractivity contribution is 7.91. The second-order valence-corrected chi connectivity index (χ2v) is 6.05. The number of carbonyl (C=O) groups is 1. The molecule has 0 saturated carbocycles. The van der Waals surface area contributed by atoms with Gasteiger partial charge in [0.25, 0.3) is 10.0 Å². The van der Waals surface area contributed by atoms with Gasteiger partial charge in [0, 0.05) is 4.88 Å². The number of esters is 1. The number of thiophene rings is 1. The topological polar surface area (TPSA) is 72.5 Å². The van der Waals surface area contributed by atoms with Crippen LogP contribution in [-0.4, -0.2) is 28.0 Å². The van der Waals surface area contributed by atoms with Crippen LogP contribution in [0.3, 0.4) is 0 Å². The molecule has 0 radical (unpaired) electrons. The summed E-state index contributed by atoms with van der Waals surface area (Å²) in [7, 11) is -2.38. The van der Waals surface area contributed by atoms with Crippen molar-refractivity contribution in [3.05, 3.63) is 17.0 Å². The van der Waals surface area contributed by atoms with E-state index in [0.717, 1.165) is 16.2 Å². The molecule has 15 heavy (non-hydrogen) atoms. The number of sulfonamides is 1. The number of methoxy groups -OCH3 is 1. The Morgan fingerprint density at radius 1 is 1.53 bits per heavy atom. The van der Waals surface area contributed by atoms with E-state index < -0.39 is 16.0 Å². The van der Waals surface area contributed by atoms with E-state index in [4.69, 9.17) is 0 Å². The molecule has 0 aromatic carbocycles. The van der Waals surface area contributed by atoms with Crippen molar-refractivity contribution in [3.8, 4) is 0 Å². The average molecular weight is 249 g/mol. The van der Waals surface area contributed by atoms with Crippen molar-refractivity contribution in [2.75, 3.05) is 13.7 Å². The van der Waals surface area contributed by atoms with Crippen molar-refractivity contribution >= 4 is 27.3 Å². The van der Waals surface area contributed by atoms with Crippen LogP contribution in [0.2, 0.25) is 0 Å². The van der Waals surface area contributed by atoms with E-state index in [-0.39, 0.29) is 10.8 Å². The van der Waals surface area contributed by atoms with Crippen LogP contribution in [0.4, 0.5) is 0 Å². The molecule has 0 aliphatic carbocycles. The van der Waals surface area contributed by atoms with Gasteiger partial charge in [-0.15, -0.1) is 11.3 Å². The van der Waals surface area contributed by atoms with Crippen LogP contribution in [0, 0.1) is 6.92 Å². The predicted molar refractivity (Wildman–Crippen MR) is 56.3 cm³/mol. The minimum absolute atomic E-state index is 0.198. The fourth-order valence-corrected chi connectivity index (χ4v) is 3.15. The molecule has 0 saturated heterocycles. The van der Waals surface area contributed by atoms with Gasteiger partial charge in [-0.05, 0) is 19.1 Å². The first-order valence-corrected chi connectivity index (χ1v) is 6.38. The first-order valence-electron chi connectivity index (χ1n) is 4.08. The molecule has 5 nitrogen and oxygen atoms in total. The SMILES string of the molecule is COC(=O)CNS(=O)(=O)c1ccc(C)s1. The van der Waals surface area contributed by atoms with Gasteiger partial charge in [-0.3, -0.25) is 4.79 Å². The Morgan fingerprint density at radius 2 is 2.20 bits per heavy atom. The number of rotatable bonds is 4. The van der Waals surface area contributed by atoms with E-state index in [9.17, 15) is 13.2 Å². The van der Waals surface area contributed by atoms with E-state index >= 15 is 0 Å². The largest absolute Gasteiger partial charge is 0.468 e. The summed E-state index contributed by atoms with van der Waals surface area (Å²) in [6.45, 7) is 1.46. The Bertz CT molecular complexity index is 449. The molecule has 1 aromatic rings. The molecule has 1 N–H and O–H groups in total. The first kappa shape index (κ1) is 12.2. The van der Waals surface area contributed by atoms with Gasteiger partial charge < -0.3 is 4.74 Å². The summed E-state index contributed by atoms with van der Waals surface area (Å²) in [5, 5.41) is 0. The van der Waals surface area contributed by atoms with Crippen LogP contribution in [0.5, 0.6) is 0 Å². The molecule has 0 aliphatic heterocycles. The molecule has 0 spiro atoms. The smallest absolute Gasteiger partial charge is 0.320 e. The number of hydrogen-bond acceptors (Lipinski definition) is 5. The lowest BCUT2D eigenvalue weighted by molar-refractivity contribution is -0.139. The lowest BCUT2D eigenvalue weighted by atomic mass is 10.5. The van der Waals surface area contributed by atoms with Crippen molar-refractivity contribution in [3.63, 3.8) is 0 Å². The summed E-state index contributed by atoms with van der Waals surface area (Å²) >= 11 is 1.15. The number of carbonyl (C=O) groups excluding carboxylic acids is 1. The molecule has 0 amide bonds. The Morgan fingerprint density at radius 3 is 2.67 bits per heavy atom. The summed E-state index contributed by atoms with van der Waals surface area (Å²) in [6, 6.07) is 3.21. The maximum atomic E-state index is 11.6. The molecule has 0 atom stereocenters. The Hall–Kier alpha value is -0.920. The van der Waals surface area contributed by atoms with Crippen molar-refractivity contribution < 1.29 is 17.9 Å². The fourth-order valence-electron chi connectivity index (χ4n) is 0.854. The second kappa shape index (κ2) is 4.73. The average Bonchev–Trinajstić information content (AvgIpc) is 2.62. The van der Waals surface area contributed by atoms with Crippen molar-refractivity contribution in [1.82, 2.24) is 4.72 Å². The summed E-state index contributed by atoms with van der Waals surface area (Å²) in [6.07, 6.45) is 0. The van der Waals surface area contributed by atoms with Crippen molar-refractivity contribution in [1.29, 1.82) is 0 Å². The highest BCUT2D eigenvalue weighted by atomic mass is 32.2. The van der Waals surface area contributed by atoms with Gasteiger partial charge >= 0.3 is 5.97 Å². The number of aryl methyl sites for hydroxylation is 1. The summed E-state index contributed by atoms with van der Waals surface area (Å²) in [5.41, 5.74) is 0. The molecule has 0 fully saturated rings. The van der Waals surface area contributed by atoms with Gasteiger partial charge in [0.2, 0.25) is 0 Å². The quantitative estimate of drug-likeness (QED) is 0.789. The predicted octanol–water partition coefficient (Wildman–Crippen LogP) is 0.508. The van der Waals surface area contributed by atoms with Crippen LogP contribution in [0.15, 0.2) is 16.3 Å². The Labute approximate surface area is 92.1 Å². The third-order valence-electron chi connectivity index (χ3n) is 1.61. The minimum atomic E-state index is -3.58. The van der Waals surface area contributed by atoms with E-state index in [1.807, 2.05) is 6.92 Å².